The number of amidine groups is 1. The van der Waals surface area contributed by atoms with E-state index in [0.717, 1.165) is 55.4 Å². The van der Waals surface area contributed by atoms with Crippen LogP contribution in [-0.4, -0.2) is 80.7 Å². The first-order valence-electron chi connectivity index (χ1n) is 11.7. The maximum Gasteiger partial charge on any atom is 0.239 e. The van der Waals surface area contributed by atoms with E-state index >= 15 is 0 Å². The van der Waals surface area contributed by atoms with Gasteiger partial charge in [-0.05, 0) is 43.3 Å². The number of ether oxygens (including phenoxy) is 2. The fourth-order valence-corrected chi connectivity index (χ4v) is 4.48. The molecule has 8 nitrogen and oxygen atoms in total. The summed E-state index contributed by atoms with van der Waals surface area (Å²) in [6.07, 6.45) is 0. The van der Waals surface area contributed by atoms with Crippen LogP contribution in [0.15, 0.2) is 52.4 Å². The number of hydrogen-bond donors (Lipinski definition) is 1. The lowest BCUT2D eigenvalue weighted by molar-refractivity contribution is -0.121. The summed E-state index contributed by atoms with van der Waals surface area (Å²) < 4.78 is 10.9. The van der Waals surface area contributed by atoms with Gasteiger partial charge in [-0.15, -0.1) is 0 Å². The minimum Gasteiger partial charge on any atom is -0.493 e. The molecule has 1 amide bonds. The fraction of sp³-hybridized carbons (Fsp3) is 0.423. The molecular formula is C26H33N5O3. The largest absolute Gasteiger partial charge is 0.493 e. The number of para-hydroxylation sites is 2. The number of likely N-dealkylation sites (N-methyl/N-ethyl adjacent to an activating group) is 1. The van der Waals surface area contributed by atoms with Crippen molar-refractivity contribution in [3.8, 4) is 11.5 Å². The molecule has 0 radical (unpaired) electrons. The molecule has 1 unspecified atom stereocenters. The molecule has 0 bridgehead atoms. The molecule has 1 saturated heterocycles. The van der Waals surface area contributed by atoms with Gasteiger partial charge in [0.1, 0.15) is 5.84 Å². The van der Waals surface area contributed by atoms with Crippen molar-refractivity contribution in [2.45, 2.75) is 19.8 Å². The summed E-state index contributed by atoms with van der Waals surface area (Å²) in [6, 6.07) is 13.5. The normalized spacial score (nSPS) is 18.9. The average Bonchev–Trinajstić information content (AvgIpc) is 2.99. The molecule has 2 heterocycles. The van der Waals surface area contributed by atoms with Crippen LogP contribution < -0.4 is 14.8 Å². The number of rotatable bonds is 6. The molecule has 0 spiro atoms. The molecule has 2 aliphatic heterocycles. The Balaban J connectivity index is 1.63. The van der Waals surface area contributed by atoms with E-state index in [0.29, 0.717) is 23.9 Å². The van der Waals surface area contributed by atoms with Crippen LogP contribution in [0.1, 0.15) is 25.3 Å². The summed E-state index contributed by atoms with van der Waals surface area (Å²) >= 11 is 0. The number of benzene rings is 2. The van der Waals surface area contributed by atoms with Crippen molar-refractivity contribution in [3.05, 3.63) is 48.0 Å². The van der Waals surface area contributed by atoms with Gasteiger partial charge in [-0.3, -0.25) is 14.7 Å². The van der Waals surface area contributed by atoms with E-state index in [1.165, 1.54) is 0 Å². The molecule has 4 rings (SSSR count). The highest BCUT2D eigenvalue weighted by atomic mass is 16.5. The minimum absolute atomic E-state index is 0.0682. The first kappa shape index (κ1) is 23.9. The molecule has 1 N–H and O–H groups in total. The third kappa shape index (κ3) is 5.29. The van der Waals surface area contributed by atoms with Gasteiger partial charge in [-0.25, -0.2) is 4.99 Å². The Morgan fingerprint density at radius 2 is 1.62 bits per heavy atom. The van der Waals surface area contributed by atoms with E-state index in [-0.39, 0.29) is 11.8 Å². The van der Waals surface area contributed by atoms with Crippen molar-refractivity contribution in [2.75, 3.05) is 53.5 Å². The molecule has 2 aromatic carbocycles. The van der Waals surface area contributed by atoms with E-state index in [4.69, 9.17) is 19.5 Å². The van der Waals surface area contributed by atoms with Crippen molar-refractivity contribution in [1.82, 2.24) is 15.1 Å². The van der Waals surface area contributed by atoms with E-state index < -0.39 is 0 Å². The molecule has 1 atom stereocenters. The van der Waals surface area contributed by atoms with Gasteiger partial charge in [0.15, 0.2) is 11.5 Å². The Bertz CT molecular complexity index is 1090. The topological polar surface area (TPSA) is 78.8 Å². The number of nitrogens with one attached hydrogen (secondary N) is 1. The minimum atomic E-state index is -0.326. The number of fused-ring (bicyclic) bond motifs is 1. The van der Waals surface area contributed by atoms with Crippen molar-refractivity contribution in [3.63, 3.8) is 0 Å². The highest BCUT2D eigenvalue weighted by Gasteiger charge is 2.28. The third-order valence-electron chi connectivity index (χ3n) is 6.40. The van der Waals surface area contributed by atoms with Crippen molar-refractivity contribution >= 4 is 28.8 Å². The zero-order chi connectivity index (χ0) is 24.1. The van der Waals surface area contributed by atoms with Crippen molar-refractivity contribution in [2.24, 2.45) is 9.98 Å². The Morgan fingerprint density at radius 3 is 2.26 bits per heavy atom. The molecule has 0 saturated carbocycles. The predicted molar refractivity (Wildman–Crippen MR) is 135 cm³/mol. The van der Waals surface area contributed by atoms with Crippen LogP contribution in [0, 0.1) is 0 Å². The molecule has 0 aromatic heterocycles. The maximum absolute atomic E-state index is 13.1. The van der Waals surface area contributed by atoms with Crippen molar-refractivity contribution in [1.29, 1.82) is 0 Å². The molecule has 8 heteroatoms. The summed E-state index contributed by atoms with van der Waals surface area (Å²) in [5.74, 6) is 1.44. The number of carbonyl (C=O) groups excluding carboxylic acids is 1. The Hall–Kier alpha value is -3.23. The molecule has 180 valence electrons. The van der Waals surface area contributed by atoms with E-state index in [1.54, 1.807) is 14.2 Å². The SMILES string of the molecule is CCN1CCN(CC(=O)NC2=Nc3ccccc3N=C(C)C2c2ccc(OC)c(OC)c2)CC1. The van der Waals surface area contributed by atoms with Gasteiger partial charge in [0, 0.05) is 31.9 Å². The number of carbonyl (C=O) groups is 1. The van der Waals surface area contributed by atoms with Crippen LogP contribution in [0.3, 0.4) is 0 Å². The van der Waals surface area contributed by atoms with Gasteiger partial charge >= 0.3 is 0 Å². The van der Waals surface area contributed by atoms with Crippen LogP contribution in [0.2, 0.25) is 0 Å². The van der Waals surface area contributed by atoms with E-state index in [1.807, 2.05) is 49.4 Å². The lowest BCUT2D eigenvalue weighted by Crippen LogP contribution is -2.50. The zero-order valence-electron chi connectivity index (χ0n) is 20.4. The second kappa shape index (κ2) is 10.8. The lowest BCUT2D eigenvalue weighted by atomic mass is 9.92. The number of amides is 1. The Labute approximate surface area is 201 Å². The summed E-state index contributed by atoms with van der Waals surface area (Å²) in [7, 11) is 3.22. The Morgan fingerprint density at radius 1 is 0.971 bits per heavy atom. The quantitative estimate of drug-likeness (QED) is 0.711. The lowest BCUT2D eigenvalue weighted by Gasteiger charge is -2.33. The first-order valence-corrected chi connectivity index (χ1v) is 11.7. The second-order valence-electron chi connectivity index (χ2n) is 8.54. The second-order valence-corrected chi connectivity index (χ2v) is 8.54. The summed E-state index contributed by atoms with van der Waals surface area (Å²) in [6.45, 7) is 9.26. The molecule has 2 aliphatic rings. The van der Waals surface area contributed by atoms with Crippen LogP contribution in [0.5, 0.6) is 11.5 Å². The van der Waals surface area contributed by atoms with Gasteiger partial charge in [-0.1, -0.05) is 25.1 Å². The van der Waals surface area contributed by atoms with Crippen LogP contribution in [0.4, 0.5) is 11.4 Å². The standard InChI is InChI=1S/C26H33N5O3/c1-5-30-12-14-31(15-13-30)17-24(32)29-26-25(19-10-11-22(33-3)23(16-19)34-4)18(2)27-20-8-6-7-9-21(20)28-26/h6-11,16,25H,5,12-15,17H2,1-4H3,(H,28,29,32). The number of hydrogen-bond acceptors (Lipinski definition) is 7. The van der Waals surface area contributed by atoms with Crippen LogP contribution in [-0.2, 0) is 4.79 Å². The molecule has 2 aromatic rings. The molecule has 34 heavy (non-hydrogen) atoms. The van der Waals surface area contributed by atoms with Gasteiger partial charge in [0.05, 0.1) is 38.1 Å². The molecular weight excluding hydrogens is 430 g/mol. The molecule has 1 fully saturated rings. The molecule has 0 aliphatic carbocycles. The van der Waals surface area contributed by atoms with Gasteiger partial charge in [-0.2, -0.15) is 0 Å². The third-order valence-corrected chi connectivity index (χ3v) is 6.40. The summed E-state index contributed by atoms with van der Waals surface area (Å²) in [5, 5.41) is 3.12. The highest BCUT2D eigenvalue weighted by Crippen LogP contribution is 2.36. The fourth-order valence-electron chi connectivity index (χ4n) is 4.48. The predicted octanol–water partition coefficient (Wildman–Crippen LogP) is 3.38. The van der Waals surface area contributed by atoms with Gasteiger partial charge in [0.25, 0.3) is 0 Å². The smallest absolute Gasteiger partial charge is 0.239 e. The monoisotopic (exact) mass is 463 g/mol. The van der Waals surface area contributed by atoms with Gasteiger partial charge in [0.2, 0.25) is 5.91 Å². The van der Waals surface area contributed by atoms with Gasteiger partial charge < -0.3 is 19.7 Å². The summed E-state index contributed by atoms with van der Waals surface area (Å²) in [5.41, 5.74) is 3.28. The maximum atomic E-state index is 13.1. The number of nitrogens with zero attached hydrogens (tertiary/aromatic N) is 4. The van der Waals surface area contributed by atoms with Crippen LogP contribution in [0.25, 0.3) is 0 Å². The Kier molecular flexibility index (Phi) is 7.59. The number of methoxy groups -OCH3 is 2. The zero-order valence-corrected chi connectivity index (χ0v) is 20.4. The number of piperazine rings is 1. The van der Waals surface area contributed by atoms with E-state index in [9.17, 15) is 4.79 Å². The first-order chi connectivity index (χ1) is 16.5. The van der Waals surface area contributed by atoms with Crippen LogP contribution >= 0.6 is 0 Å². The summed E-state index contributed by atoms with van der Waals surface area (Å²) in [4.78, 5) is 27.4. The average molecular weight is 464 g/mol. The van der Waals surface area contributed by atoms with E-state index in [2.05, 4.69) is 22.0 Å². The number of aliphatic imine (C=N–C) groups is 2. The highest BCUT2D eigenvalue weighted by molar-refractivity contribution is 6.17. The van der Waals surface area contributed by atoms with Crippen molar-refractivity contribution < 1.29 is 14.3 Å².